The summed E-state index contributed by atoms with van der Waals surface area (Å²) in [6, 6.07) is 8.99. The Morgan fingerprint density at radius 3 is 2.58 bits per heavy atom. The Kier molecular flexibility index (Phi) is 6.51. The van der Waals surface area contributed by atoms with Crippen molar-refractivity contribution < 1.29 is 32.7 Å². The van der Waals surface area contributed by atoms with Gasteiger partial charge < -0.3 is 24.0 Å². The number of ether oxygens (including phenoxy) is 2. The minimum absolute atomic E-state index is 0.0190. The van der Waals surface area contributed by atoms with Crippen molar-refractivity contribution in [3.05, 3.63) is 59.0 Å². The SMILES string of the molecule is Cc1cc(N2[C@@H]3CC[C@H]2C[C@H](OCc2c(-c4ccccc4OC(F)F)noc2C2CC2)C3)ncc1C(=O)O. The third kappa shape index (κ3) is 4.73. The number of benzene rings is 1. The van der Waals surface area contributed by atoms with Crippen molar-refractivity contribution in [1.82, 2.24) is 10.1 Å². The summed E-state index contributed by atoms with van der Waals surface area (Å²) in [4.78, 5) is 18.2. The number of piperidine rings is 1. The molecule has 200 valence electrons. The molecule has 3 aromatic rings. The van der Waals surface area contributed by atoms with E-state index in [1.165, 1.54) is 12.3 Å². The third-order valence-corrected chi connectivity index (χ3v) is 7.87. The molecule has 2 saturated heterocycles. The van der Waals surface area contributed by atoms with Gasteiger partial charge in [0.1, 0.15) is 23.0 Å². The van der Waals surface area contributed by atoms with Crippen molar-refractivity contribution >= 4 is 11.8 Å². The number of nitrogens with zero attached hydrogens (tertiary/aromatic N) is 3. The van der Waals surface area contributed by atoms with Gasteiger partial charge in [0.25, 0.3) is 0 Å². The fourth-order valence-electron chi connectivity index (χ4n) is 5.95. The number of aryl methyl sites for hydroxylation is 1. The van der Waals surface area contributed by atoms with E-state index in [0.29, 0.717) is 16.8 Å². The average molecular weight is 526 g/mol. The third-order valence-electron chi connectivity index (χ3n) is 7.87. The largest absolute Gasteiger partial charge is 0.478 e. The first-order valence-electron chi connectivity index (χ1n) is 13.0. The van der Waals surface area contributed by atoms with Crippen LogP contribution in [0.1, 0.15) is 71.7 Å². The van der Waals surface area contributed by atoms with Crippen molar-refractivity contribution in [2.24, 2.45) is 0 Å². The highest BCUT2D eigenvalue weighted by molar-refractivity contribution is 5.89. The van der Waals surface area contributed by atoms with Gasteiger partial charge in [-0.05, 0) is 69.2 Å². The fraction of sp³-hybridized carbons (Fsp3) is 0.464. The smallest absolute Gasteiger partial charge is 0.387 e. The number of aromatic nitrogens is 2. The summed E-state index contributed by atoms with van der Waals surface area (Å²) in [5, 5.41) is 13.6. The zero-order valence-electron chi connectivity index (χ0n) is 21.0. The number of fused-ring (bicyclic) bond motifs is 2. The van der Waals surface area contributed by atoms with E-state index in [1.54, 1.807) is 25.1 Å². The first-order chi connectivity index (χ1) is 18.4. The van der Waals surface area contributed by atoms with Crippen LogP contribution >= 0.6 is 0 Å². The average Bonchev–Trinajstić information content (AvgIpc) is 3.58. The van der Waals surface area contributed by atoms with E-state index in [1.807, 2.05) is 6.07 Å². The van der Waals surface area contributed by atoms with Gasteiger partial charge in [0, 0.05) is 35.3 Å². The maximum absolute atomic E-state index is 13.0. The van der Waals surface area contributed by atoms with E-state index >= 15 is 0 Å². The lowest BCUT2D eigenvalue weighted by molar-refractivity contribution is -0.0494. The van der Waals surface area contributed by atoms with Gasteiger partial charge in [-0.3, -0.25) is 0 Å². The van der Waals surface area contributed by atoms with Crippen LogP contribution in [0, 0.1) is 6.92 Å². The van der Waals surface area contributed by atoms with Crippen LogP contribution in [0.15, 0.2) is 41.1 Å². The molecule has 10 heteroatoms. The van der Waals surface area contributed by atoms with Crippen molar-refractivity contribution in [2.45, 2.75) is 82.8 Å². The van der Waals surface area contributed by atoms with Gasteiger partial charge in [-0.25, -0.2) is 9.78 Å². The van der Waals surface area contributed by atoms with Crippen molar-refractivity contribution in [3.63, 3.8) is 0 Å². The van der Waals surface area contributed by atoms with Gasteiger partial charge in [0.15, 0.2) is 0 Å². The molecule has 1 N–H and O–H groups in total. The number of carbonyl (C=O) groups is 1. The number of hydrogen-bond donors (Lipinski definition) is 1. The number of anilines is 1. The van der Waals surface area contributed by atoms with Crippen LogP contribution < -0.4 is 9.64 Å². The van der Waals surface area contributed by atoms with Crippen LogP contribution in [0.2, 0.25) is 0 Å². The first-order valence-corrected chi connectivity index (χ1v) is 13.0. The number of carboxylic acid groups (broad SMARTS) is 1. The topological polar surface area (TPSA) is 97.9 Å². The van der Waals surface area contributed by atoms with E-state index in [9.17, 15) is 18.7 Å². The minimum atomic E-state index is -2.94. The molecule has 4 heterocycles. The van der Waals surface area contributed by atoms with E-state index in [4.69, 9.17) is 14.0 Å². The van der Waals surface area contributed by atoms with Gasteiger partial charge in [-0.2, -0.15) is 8.78 Å². The standard InChI is InChI=1S/C28H29F2N3O5/c1-15-10-24(31-13-21(15)27(34)35)33-17-8-9-18(33)12-19(11-17)36-14-22-25(32-38-26(22)16-6-7-16)20-4-2-3-5-23(20)37-28(29)30/h2-5,10,13,16-19,28H,6-9,11-12,14H2,1H3,(H,34,35)/t17-,18+,19-. The van der Waals surface area contributed by atoms with Crippen LogP contribution in [0.4, 0.5) is 14.6 Å². The van der Waals surface area contributed by atoms with Crippen LogP contribution in [0.5, 0.6) is 5.75 Å². The Balaban J connectivity index is 1.19. The van der Waals surface area contributed by atoms with Gasteiger partial charge in [0.2, 0.25) is 0 Å². The molecule has 3 fully saturated rings. The molecule has 38 heavy (non-hydrogen) atoms. The van der Waals surface area contributed by atoms with Crippen molar-refractivity contribution in [1.29, 1.82) is 0 Å². The highest BCUT2D eigenvalue weighted by atomic mass is 19.3. The summed E-state index contributed by atoms with van der Waals surface area (Å²) < 4.78 is 43.0. The summed E-state index contributed by atoms with van der Waals surface area (Å²) in [7, 11) is 0. The molecule has 2 aliphatic heterocycles. The fourth-order valence-corrected chi connectivity index (χ4v) is 5.95. The molecular weight excluding hydrogens is 496 g/mol. The minimum Gasteiger partial charge on any atom is -0.478 e. The number of rotatable bonds is 9. The lowest BCUT2D eigenvalue weighted by Crippen LogP contribution is -2.46. The molecular formula is C28H29F2N3O5. The van der Waals surface area contributed by atoms with Gasteiger partial charge in [0.05, 0.1) is 18.3 Å². The number of para-hydroxylation sites is 1. The number of carboxylic acids is 1. The number of aromatic carboxylic acids is 1. The lowest BCUT2D eigenvalue weighted by atomic mass is 9.98. The Labute approximate surface area is 218 Å². The molecule has 1 aromatic carbocycles. The summed E-state index contributed by atoms with van der Waals surface area (Å²) in [5.41, 5.74) is 2.67. The Bertz CT molecular complexity index is 1330. The quantitative estimate of drug-likeness (QED) is 0.367. The summed E-state index contributed by atoms with van der Waals surface area (Å²) in [6.45, 7) is -0.863. The summed E-state index contributed by atoms with van der Waals surface area (Å²) >= 11 is 0. The summed E-state index contributed by atoms with van der Waals surface area (Å²) in [6.07, 6.45) is 7.17. The molecule has 1 saturated carbocycles. The first kappa shape index (κ1) is 24.8. The van der Waals surface area contributed by atoms with Crippen molar-refractivity contribution in [2.75, 3.05) is 4.90 Å². The van der Waals surface area contributed by atoms with Crippen LogP contribution in [0.3, 0.4) is 0 Å². The molecule has 6 rings (SSSR count). The van der Waals surface area contributed by atoms with Gasteiger partial charge >= 0.3 is 12.6 Å². The maximum atomic E-state index is 13.0. The second kappa shape index (κ2) is 9.98. The molecule has 2 aromatic heterocycles. The second-order valence-corrected chi connectivity index (χ2v) is 10.4. The van der Waals surface area contributed by atoms with Gasteiger partial charge in [-0.15, -0.1) is 0 Å². The van der Waals surface area contributed by atoms with E-state index < -0.39 is 12.6 Å². The van der Waals surface area contributed by atoms with Crippen LogP contribution in [0.25, 0.3) is 11.3 Å². The molecule has 0 amide bonds. The molecule has 0 radical (unpaired) electrons. The highest BCUT2D eigenvalue weighted by Crippen LogP contribution is 2.46. The van der Waals surface area contributed by atoms with Crippen LogP contribution in [-0.2, 0) is 11.3 Å². The highest BCUT2D eigenvalue weighted by Gasteiger charge is 2.42. The van der Waals surface area contributed by atoms with E-state index in [2.05, 4.69) is 15.0 Å². The molecule has 3 atom stereocenters. The lowest BCUT2D eigenvalue weighted by Gasteiger charge is -2.39. The predicted octanol–water partition coefficient (Wildman–Crippen LogP) is 5.94. The molecule has 2 bridgehead atoms. The Morgan fingerprint density at radius 1 is 1.18 bits per heavy atom. The van der Waals surface area contributed by atoms with Crippen molar-refractivity contribution in [3.8, 4) is 17.0 Å². The molecule has 8 nitrogen and oxygen atoms in total. The number of hydrogen-bond acceptors (Lipinski definition) is 7. The number of alkyl halides is 2. The Morgan fingerprint density at radius 2 is 1.92 bits per heavy atom. The predicted molar refractivity (Wildman–Crippen MR) is 134 cm³/mol. The number of pyridine rings is 1. The number of halogens is 2. The molecule has 0 unspecified atom stereocenters. The normalized spacial score (nSPS) is 22.7. The van der Waals surface area contributed by atoms with E-state index in [-0.39, 0.29) is 42.0 Å². The Hall–Kier alpha value is -3.53. The summed E-state index contributed by atoms with van der Waals surface area (Å²) in [5.74, 6) is 0.942. The molecule has 1 aliphatic carbocycles. The monoisotopic (exact) mass is 525 g/mol. The maximum Gasteiger partial charge on any atom is 0.387 e. The van der Waals surface area contributed by atoms with E-state index in [0.717, 1.165) is 55.7 Å². The van der Waals surface area contributed by atoms with Crippen LogP contribution in [-0.4, -0.2) is 46.0 Å². The zero-order chi connectivity index (χ0) is 26.4. The second-order valence-electron chi connectivity index (χ2n) is 10.4. The zero-order valence-corrected chi connectivity index (χ0v) is 21.0. The molecule has 0 spiro atoms. The van der Waals surface area contributed by atoms with Gasteiger partial charge in [-0.1, -0.05) is 17.3 Å². The molecule has 3 aliphatic rings.